The first-order chi connectivity index (χ1) is 13.9. The van der Waals surface area contributed by atoms with Crippen LogP contribution in [0.1, 0.15) is 28.1 Å². The van der Waals surface area contributed by atoms with Gasteiger partial charge in [-0.05, 0) is 68.1 Å². The van der Waals surface area contributed by atoms with Crippen LogP contribution in [0.3, 0.4) is 0 Å². The van der Waals surface area contributed by atoms with Crippen molar-refractivity contribution in [3.05, 3.63) is 87.0 Å². The van der Waals surface area contributed by atoms with Crippen molar-refractivity contribution < 1.29 is 4.52 Å². The van der Waals surface area contributed by atoms with Crippen LogP contribution in [-0.2, 0) is 6.54 Å². The zero-order chi connectivity index (χ0) is 20.5. The lowest BCUT2D eigenvalue weighted by Gasteiger charge is -2.07. The van der Waals surface area contributed by atoms with Crippen LogP contribution in [0.15, 0.2) is 57.8 Å². The molecule has 0 aliphatic heterocycles. The lowest BCUT2D eigenvalue weighted by molar-refractivity contribution is 0.363. The third kappa shape index (κ3) is 3.87. The molecule has 0 amide bonds. The number of benzene rings is 2. The minimum absolute atomic E-state index is 0.120. The summed E-state index contributed by atoms with van der Waals surface area (Å²) in [6.07, 6.45) is 0. The molecule has 2 heterocycles. The molecule has 6 heteroatoms. The summed E-state index contributed by atoms with van der Waals surface area (Å²) in [5.41, 5.74) is 7.11. The third-order valence-corrected chi connectivity index (χ3v) is 5.19. The van der Waals surface area contributed by atoms with E-state index in [4.69, 9.17) is 4.52 Å². The molecule has 0 fully saturated rings. The Kier molecular flexibility index (Phi) is 4.84. The van der Waals surface area contributed by atoms with Crippen LogP contribution >= 0.6 is 0 Å². The highest BCUT2D eigenvalue weighted by molar-refractivity contribution is 5.60. The maximum atomic E-state index is 12.3. The minimum Gasteiger partial charge on any atom is -0.337 e. The SMILES string of the molecule is Cc1ccc(-c2ccc(=O)n(Cc3nc(-c4ccc(C)c(C)c4)no3)n2)cc1C. The van der Waals surface area contributed by atoms with Gasteiger partial charge in [-0.25, -0.2) is 4.68 Å². The van der Waals surface area contributed by atoms with Gasteiger partial charge >= 0.3 is 0 Å². The Morgan fingerprint density at radius 2 is 1.48 bits per heavy atom. The molecular formula is C23H22N4O2. The number of hydrogen-bond acceptors (Lipinski definition) is 5. The van der Waals surface area contributed by atoms with Gasteiger partial charge in [-0.3, -0.25) is 4.79 Å². The summed E-state index contributed by atoms with van der Waals surface area (Å²) >= 11 is 0. The minimum atomic E-state index is -0.219. The lowest BCUT2D eigenvalue weighted by Crippen LogP contribution is -2.23. The van der Waals surface area contributed by atoms with Crippen molar-refractivity contribution in [1.29, 1.82) is 0 Å². The second kappa shape index (κ2) is 7.47. The van der Waals surface area contributed by atoms with Crippen molar-refractivity contribution in [2.75, 3.05) is 0 Å². The Morgan fingerprint density at radius 1 is 0.828 bits per heavy atom. The van der Waals surface area contributed by atoms with E-state index in [1.807, 2.05) is 31.2 Å². The van der Waals surface area contributed by atoms with Gasteiger partial charge in [-0.15, -0.1) is 0 Å². The molecule has 0 N–H and O–H groups in total. The first kappa shape index (κ1) is 18.8. The fourth-order valence-electron chi connectivity index (χ4n) is 3.06. The van der Waals surface area contributed by atoms with E-state index in [0.29, 0.717) is 11.7 Å². The van der Waals surface area contributed by atoms with Crippen molar-refractivity contribution in [2.24, 2.45) is 0 Å². The molecule has 29 heavy (non-hydrogen) atoms. The molecule has 0 unspecified atom stereocenters. The molecule has 0 spiro atoms. The van der Waals surface area contributed by atoms with Crippen LogP contribution < -0.4 is 5.56 Å². The summed E-state index contributed by atoms with van der Waals surface area (Å²) in [6, 6.07) is 15.4. The summed E-state index contributed by atoms with van der Waals surface area (Å²) in [7, 11) is 0. The summed E-state index contributed by atoms with van der Waals surface area (Å²) in [5, 5.41) is 8.55. The highest BCUT2D eigenvalue weighted by Gasteiger charge is 2.12. The Hall–Kier alpha value is -3.54. The van der Waals surface area contributed by atoms with Gasteiger partial charge < -0.3 is 4.52 Å². The van der Waals surface area contributed by atoms with E-state index in [2.05, 4.69) is 48.1 Å². The number of aromatic nitrogens is 4. The molecule has 0 saturated heterocycles. The molecule has 0 radical (unpaired) electrons. The zero-order valence-electron chi connectivity index (χ0n) is 16.9. The van der Waals surface area contributed by atoms with Gasteiger partial charge in [0.05, 0.1) is 5.69 Å². The van der Waals surface area contributed by atoms with E-state index in [0.717, 1.165) is 22.4 Å². The van der Waals surface area contributed by atoms with Gasteiger partial charge in [-0.1, -0.05) is 29.4 Å². The van der Waals surface area contributed by atoms with Gasteiger partial charge in [0.25, 0.3) is 5.56 Å². The molecule has 0 atom stereocenters. The number of hydrogen-bond donors (Lipinski definition) is 0. The first-order valence-electron chi connectivity index (χ1n) is 9.47. The van der Waals surface area contributed by atoms with E-state index in [1.54, 1.807) is 6.07 Å². The van der Waals surface area contributed by atoms with Crippen LogP contribution in [0.5, 0.6) is 0 Å². The molecule has 0 aliphatic carbocycles. The van der Waals surface area contributed by atoms with Crippen LogP contribution in [0.4, 0.5) is 0 Å². The molecule has 0 bridgehead atoms. The van der Waals surface area contributed by atoms with Gasteiger partial charge in [0.2, 0.25) is 11.7 Å². The van der Waals surface area contributed by atoms with Gasteiger partial charge in [0.1, 0.15) is 6.54 Å². The quantitative estimate of drug-likeness (QED) is 0.524. The molecule has 2 aromatic carbocycles. The molecule has 0 aliphatic rings. The highest BCUT2D eigenvalue weighted by atomic mass is 16.5. The predicted octanol–water partition coefficient (Wildman–Crippen LogP) is 4.24. The lowest BCUT2D eigenvalue weighted by atomic mass is 10.0. The third-order valence-electron chi connectivity index (χ3n) is 5.19. The van der Waals surface area contributed by atoms with E-state index < -0.39 is 0 Å². The maximum Gasteiger partial charge on any atom is 0.267 e. The number of rotatable bonds is 4. The monoisotopic (exact) mass is 386 g/mol. The van der Waals surface area contributed by atoms with Gasteiger partial charge in [0, 0.05) is 17.2 Å². The smallest absolute Gasteiger partial charge is 0.267 e. The van der Waals surface area contributed by atoms with E-state index in [9.17, 15) is 4.79 Å². The van der Waals surface area contributed by atoms with E-state index in [1.165, 1.54) is 27.4 Å². The average Bonchev–Trinajstić information content (AvgIpc) is 3.16. The van der Waals surface area contributed by atoms with Crippen molar-refractivity contribution in [2.45, 2.75) is 34.2 Å². The summed E-state index contributed by atoms with van der Waals surface area (Å²) in [4.78, 5) is 16.7. The highest BCUT2D eigenvalue weighted by Crippen LogP contribution is 2.21. The van der Waals surface area contributed by atoms with Crippen molar-refractivity contribution >= 4 is 0 Å². The Morgan fingerprint density at radius 3 is 2.17 bits per heavy atom. The maximum absolute atomic E-state index is 12.3. The topological polar surface area (TPSA) is 73.8 Å². The molecular weight excluding hydrogens is 364 g/mol. The summed E-state index contributed by atoms with van der Waals surface area (Å²) < 4.78 is 6.72. The van der Waals surface area contributed by atoms with Crippen molar-refractivity contribution in [1.82, 2.24) is 19.9 Å². The second-order valence-corrected chi connectivity index (χ2v) is 7.32. The molecule has 4 rings (SSSR count). The molecule has 4 aromatic rings. The fraction of sp³-hybridized carbons (Fsp3) is 0.217. The molecule has 146 valence electrons. The standard InChI is InChI=1S/C23H22N4O2/c1-14-5-7-18(11-16(14)3)20-9-10-22(28)27(25-20)13-21-24-23(26-29-21)19-8-6-15(2)17(4)12-19/h5-12H,13H2,1-4H3. The summed E-state index contributed by atoms with van der Waals surface area (Å²) in [6.45, 7) is 8.34. The molecule has 0 saturated carbocycles. The van der Waals surface area contributed by atoms with Gasteiger partial charge in [-0.2, -0.15) is 10.1 Å². The zero-order valence-corrected chi connectivity index (χ0v) is 16.9. The van der Waals surface area contributed by atoms with Crippen molar-refractivity contribution in [3.63, 3.8) is 0 Å². The van der Waals surface area contributed by atoms with Crippen LogP contribution in [-0.4, -0.2) is 19.9 Å². The Labute approximate surface area is 168 Å². The normalized spacial score (nSPS) is 11.0. The number of aryl methyl sites for hydroxylation is 4. The second-order valence-electron chi connectivity index (χ2n) is 7.32. The van der Waals surface area contributed by atoms with Gasteiger partial charge in [0.15, 0.2) is 0 Å². The van der Waals surface area contributed by atoms with Crippen LogP contribution in [0.25, 0.3) is 22.6 Å². The fourth-order valence-corrected chi connectivity index (χ4v) is 3.06. The predicted molar refractivity (Wildman–Crippen MR) is 112 cm³/mol. The number of nitrogens with zero attached hydrogens (tertiary/aromatic N) is 4. The molecule has 2 aromatic heterocycles. The molecule has 6 nitrogen and oxygen atoms in total. The van der Waals surface area contributed by atoms with E-state index in [-0.39, 0.29) is 12.1 Å². The van der Waals surface area contributed by atoms with Crippen LogP contribution in [0, 0.1) is 27.7 Å². The van der Waals surface area contributed by atoms with Crippen LogP contribution in [0.2, 0.25) is 0 Å². The average molecular weight is 386 g/mol. The Bertz CT molecular complexity index is 1250. The van der Waals surface area contributed by atoms with E-state index >= 15 is 0 Å². The summed E-state index contributed by atoms with van der Waals surface area (Å²) in [5.74, 6) is 0.839. The first-order valence-corrected chi connectivity index (χ1v) is 9.47. The largest absolute Gasteiger partial charge is 0.337 e. The van der Waals surface area contributed by atoms with Crippen molar-refractivity contribution in [3.8, 4) is 22.6 Å². The Balaban J connectivity index is 1.63.